The van der Waals surface area contributed by atoms with Crippen molar-refractivity contribution >= 4 is 11.8 Å². The Morgan fingerprint density at radius 1 is 0.879 bits per heavy atom. The van der Waals surface area contributed by atoms with Crippen molar-refractivity contribution < 1.29 is 28.5 Å². The van der Waals surface area contributed by atoms with Crippen molar-refractivity contribution in [3.63, 3.8) is 0 Å². The van der Waals surface area contributed by atoms with E-state index >= 15 is 0 Å². The SMILES string of the molecule is COc1cc(OC)cc(C(=O)N2CCC(C(=O)NCCc3cc(OC)ccc3OC)CC2)c1. The van der Waals surface area contributed by atoms with Gasteiger partial charge in [0.1, 0.15) is 23.0 Å². The Labute approximate surface area is 194 Å². The van der Waals surface area contributed by atoms with E-state index in [9.17, 15) is 9.59 Å². The number of hydrogen-bond acceptors (Lipinski definition) is 6. The molecular weight excluding hydrogens is 424 g/mol. The smallest absolute Gasteiger partial charge is 0.254 e. The maximum Gasteiger partial charge on any atom is 0.254 e. The third-order valence-corrected chi connectivity index (χ3v) is 5.93. The lowest BCUT2D eigenvalue weighted by Crippen LogP contribution is -2.43. The molecule has 1 aliphatic rings. The van der Waals surface area contributed by atoms with Crippen molar-refractivity contribution in [2.24, 2.45) is 5.92 Å². The maximum atomic E-state index is 12.9. The first-order valence-corrected chi connectivity index (χ1v) is 11.0. The molecule has 2 amide bonds. The molecule has 0 atom stereocenters. The number of hydrogen-bond donors (Lipinski definition) is 1. The fourth-order valence-corrected chi connectivity index (χ4v) is 4.00. The lowest BCUT2D eigenvalue weighted by atomic mass is 9.95. The fourth-order valence-electron chi connectivity index (χ4n) is 4.00. The number of nitrogens with one attached hydrogen (secondary N) is 1. The standard InChI is InChI=1S/C25H32N2O6/c1-30-20-5-6-23(33-4)18(13-20)7-10-26-24(28)17-8-11-27(12-9-17)25(29)19-14-21(31-2)16-22(15-19)32-3/h5-6,13-17H,7-12H2,1-4H3,(H,26,28). The minimum Gasteiger partial charge on any atom is -0.497 e. The number of rotatable bonds is 9. The first-order valence-electron chi connectivity index (χ1n) is 11.0. The molecule has 33 heavy (non-hydrogen) atoms. The van der Waals surface area contributed by atoms with Gasteiger partial charge in [-0.1, -0.05) is 0 Å². The zero-order chi connectivity index (χ0) is 23.8. The van der Waals surface area contributed by atoms with Crippen LogP contribution in [0.1, 0.15) is 28.8 Å². The van der Waals surface area contributed by atoms with E-state index in [1.165, 1.54) is 0 Å². The summed E-state index contributed by atoms with van der Waals surface area (Å²) >= 11 is 0. The summed E-state index contributed by atoms with van der Waals surface area (Å²) in [5, 5.41) is 3.02. The van der Waals surface area contributed by atoms with Crippen LogP contribution in [0.15, 0.2) is 36.4 Å². The summed E-state index contributed by atoms with van der Waals surface area (Å²) < 4.78 is 21.2. The topological polar surface area (TPSA) is 86.3 Å². The number of nitrogens with zero attached hydrogens (tertiary/aromatic N) is 1. The summed E-state index contributed by atoms with van der Waals surface area (Å²) in [6.07, 6.45) is 1.89. The Kier molecular flexibility index (Phi) is 8.40. The van der Waals surface area contributed by atoms with Gasteiger partial charge < -0.3 is 29.2 Å². The number of ether oxygens (including phenoxy) is 4. The maximum absolute atomic E-state index is 12.9. The van der Waals surface area contributed by atoms with Gasteiger partial charge in [-0.05, 0) is 55.2 Å². The van der Waals surface area contributed by atoms with Gasteiger partial charge in [0.05, 0.1) is 28.4 Å². The van der Waals surface area contributed by atoms with Crippen molar-refractivity contribution in [2.75, 3.05) is 48.1 Å². The molecular formula is C25H32N2O6. The van der Waals surface area contributed by atoms with Gasteiger partial charge in [0.25, 0.3) is 5.91 Å². The van der Waals surface area contributed by atoms with E-state index in [2.05, 4.69) is 5.32 Å². The lowest BCUT2D eigenvalue weighted by Gasteiger charge is -2.31. The van der Waals surface area contributed by atoms with Crippen LogP contribution in [0.3, 0.4) is 0 Å². The Morgan fingerprint density at radius 2 is 1.52 bits per heavy atom. The summed E-state index contributed by atoms with van der Waals surface area (Å²) in [4.78, 5) is 27.4. The Hall–Kier alpha value is -3.42. The zero-order valence-corrected chi connectivity index (χ0v) is 19.7. The van der Waals surface area contributed by atoms with Crippen LogP contribution in [0.5, 0.6) is 23.0 Å². The lowest BCUT2D eigenvalue weighted by molar-refractivity contribution is -0.126. The van der Waals surface area contributed by atoms with E-state index in [0.29, 0.717) is 56.0 Å². The second-order valence-electron chi connectivity index (χ2n) is 7.89. The highest BCUT2D eigenvalue weighted by Gasteiger charge is 2.28. The third-order valence-electron chi connectivity index (χ3n) is 5.93. The summed E-state index contributed by atoms with van der Waals surface area (Å²) in [6, 6.07) is 10.8. The molecule has 1 heterocycles. The number of piperidine rings is 1. The van der Waals surface area contributed by atoms with Crippen molar-refractivity contribution in [2.45, 2.75) is 19.3 Å². The number of likely N-dealkylation sites (tertiary alicyclic amines) is 1. The van der Waals surface area contributed by atoms with Gasteiger partial charge in [0, 0.05) is 37.2 Å². The Morgan fingerprint density at radius 3 is 2.09 bits per heavy atom. The highest BCUT2D eigenvalue weighted by molar-refractivity contribution is 5.95. The summed E-state index contributed by atoms with van der Waals surface area (Å²) in [7, 11) is 6.35. The number of carbonyl (C=O) groups is 2. The second kappa shape index (κ2) is 11.4. The van der Waals surface area contributed by atoms with Crippen LogP contribution in [0.25, 0.3) is 0 Å². The first kappa shape index (κ1) is 24.2. The van der Waals surface area contributed by atoms with E-state index in [0.717, 1.165) is 17.1 Å². The summed E-state index contributed by atoms with van der Waals surface area (Å²) in [6.45, 7) is 1.56. The average Bonchev–Trinajstić information content (AvgIpc) is 2.87. The van der Waals surface area contributed by atoms with Crippen LogP contribution in [0.4, 0.5) is 0 Å². The molecule has 0 unspecified atom stereocenters. The molecule has 8 heteroatoms. The van der Waals surface area contributed by atoms with Gasteiger partial charge in [-0.3, -0.25) is 9.59 Å². The van der Waals surface area contributed by atoms with Crippen molar-refractivity contribution in [3.8, 4) is 23.0 Å². The zero-order valence-electron chi connectivity index (χ0n) is 19.7. The molecule has 3 rings (SSSR count). The van der Waals surface area contributed by atoms with E-state index < -0.39 is 0 Å². The molecule has 0 spiro atoms. The van der Waals surface area contributed by atoms with Crippen LogP contribution in [0.2, 0.25) is 0 Å². The van der Waals surface area contributed by atoms with E-state index in [1.807, 2.05) is 18.2 Å². The number of methoxy groups -OCH3 is 4. The molecule has 8 nitrogen and oxygen atoms in total. The molecule has 0 aliphatic carbocycles. The molecule has 0 bridgehead atoms. The van der Waals surface area contributed by atoms with Gasteiger partial charge >= 0.3 is 0 Å². The van der Waals surface area contributed by atoms with Crippen LogP contribution < -0.4 is 24.3 Å². The van der Waals surface area contributed by atoms with Crippen LogP contribution in [-0.4, -0.2) is 64.8 Å². The molecule has 1 fully saturated rings. The number of benzene rings is 2. The highest BCUT2D eigenvalue weighted by atomic mass is 16.5. The van der Waals surface area contributed by atoms with Crippen LogP contribution in [-0.2, 0) is 11.2 Å². The van der Waals surface area contributed by atoms with Gasteiger partial charge in [-0.15, -0.1) is 0 Å². The Balaban J connectivity index is 1.51. The summed E-state index contributed by atoms with van der Waals surface area (Å²) in [5.41, 5.74) is 1.49. The molecule has 2 aromatic carbocycles. The van der Waals surface area contributed by atoms with Gasteiger partial charge in [0.2, 0.25) is 5.91 Å². The minimum absolute atomic E-state index is 0.0204. The predicted molar refractivity (Wildman–Crippen MR) is 124 cm³/mol. The number of amides is 2. The molecule has 1 aliphatic heterocycles. The average molecular weight is 457 g/mol. The van der Waals surface area contributed by atoms with Gasteiger partial charge in [-0.25, -0.2) is 0 Å². The highest BCUT2D eigenvalue weighted by Crippen LogP contribution is 2.26. The minimum atomic E-state index is -0.110. The monoisotopic (exact) mass is 456 g/mol. The normalized spacial score (nSPS) is 13.9. The van der Waals surface area contributed by atoms with Crippen molar-refractivity contribution in [1.29, 1.82) is 0 Å². The fraction of sp³-hybridized carbons (Fsp3) is 0.440. The quantitative estimate of drug-likeness (QED) is 0.625. The van der Waals surface area contributed by atoms with Gasteiger partial charge in [-0.2, -0.15) is 0 Å². The van der Waals surface area contributed by atoms with Crippen molar-refractivity contribution in [1.82, 2.24) is 10.2 Å². The Bertz CT molecular complexity index is 947. The summed E-state index contributed by atoms with van der Waals surface area (Å²) in [5.74, 6) is 2.48. The first-order chi connectivity index (χ1) is 16.0. The predicted octanol–water partition coefficient (Wildman–Crippen LogP) is 2.93. The molecule has 178 valence electrons. The number of carbonyl (C=O) groups excluding carboxylic acids is 2. The molecule has 0 saturated carbocycles. The molecule has 2 aromatic rings. The van der Waals surface area contributed by atoms with E-state index in [1.54, 1.807) is 51.5 Å². The van der Waals surface area contributed by atoms with Crippen LogP contribution >= 0.6 is 0 Å². The van der Waals surface area contributed by atoms with Crippen molar-refractivity contribution in [3.05, 3.63) is 47.5 Å². The molecule has 1 saturated heterocycles. The third kappa shape index (κ3) is 6.09. The van der Waals surface area contributed by atoms with E-state index in [4.69, 9.17) is 18.9 Å². The van der Waals surface area contributed by atoms with Crippen LogP contribution in [0, 0.1) is 5.92 Å². The second-order valence-corrected chi connectivity index (χ2v) is 7.89. The molecule has 0 radical (unpaired) electrons. The largest absolute Gasteiger partial charge is 0.497 e. The van der Waals surface area contributed by atoms with Gasteiger partial charge in [0.15, 0.2) is 0 Å². The van der Waals surface area contributed by atoms with E-state index in [-0.39, 0.29) is 17.7 Å². The molecule has 0 aromatic heterocycles. The molecule has 1 N–H and O–H groups in total.